The highest BCUT2D eigenvalue weighted by molar-refractivity contribution is 6.54. The average molecular weight is 356 g/mol. The van der Waals surface area contributed by atoms with Crippen molar-refractivity contribution in [3.05, 3.63) is 54.1 Å². The van der Waals surface area contributed by atoms with Gasteiger partial charge in [-0.15, -0.1) is 0 Å². The second kappa shape index (κ2) is 7.25. The monoisotopic (exact) mass is 356 g/mol. The van der Waals surface area contributed by atoms with Gasteiger partial charge in [0.15, 0.2) is 0 Å². The van der Waals surface area contributed by atoms with Crippen LogP contribution in [0.25, 0.3) is 0 Å². The maximum atomic E-state index is 11.9. The van der Waals surface area contributed by atoms with E-state index >= 15 is 0 Å². The van der Waals surface area contributed by atoms with Crippen LogP contribution in [0, 0.1) is 0 Å². The summed E-state index contributed by atoms with van der Waals surface area (Å²) < 4.78 is 18.9. The molecule has 26 heavy (non-hydrogen) atoms. The quantitative estimate of drug-likeness (QED) is 0.773. The van der Waals surface area contributed by atoms with E-state index in [2.05, 4.69) is 32.7 Å². The third-order valence-corrected chi connectivity index (χ3v) is 4.28. The maximum Gasteiger partial charge on any atom is 0.490 e. The summed E-state index contributed by atoms with van der Waals surface area (Å²) >= 11 is 0. The first-order valence-corrected chi connectivity index (χ1v) is 8.81. The standard InChI is InChI=1S/C19H25BN2O4/c1-18(2)13-19(3,4)26-20(25-18)16-7-5-6-15(8-9-16)12-24-17(23)22-11-10-21-14-22/h5-6,8-11,14H,7,12-13H2,1-4H3. The summed E-state index contributed by atoms with van der Waals surface area (Å²) in [4.78, 5) is 15.7. The van der Waals surface area contributed by atoms with Gasteiger partial charge in [-0.25, -0.2) is 14.3 Å². The predicted molar refractivity (Wildman–Crippen MR) is 99.6 cm³/mol. The Balaban J connectivity index is 1.66. The molecule has 2 aliphatic rings. The Morgan fingerprint density at radius 1 is 1.27 bits per heavy atom. The first-order chi connectivity index (χ1) is 12.2. The van der Waals surface area contributed by atoms with Gasteiger partial charge in [0.2, 0.25) is 0 Å². The number of carbonyl (C=O) groups excluding carboxylic acids is 1. The number of carbonyl (C=O) groups is 1. The number of imidazole rings is 1. The molecule has 138 valence electrons. The molecule has 0 bridgehead atoms. The fraction of sp³-hybridized carbons (Fsp3) is 0.474. The molecule has 1 saturated heterocycles. The molecule has 0 saturated carbocycles. The smallest absolute Gasteiger partial charge is 0.444 e. The summed E-state index contributed by atoms with van der Waals surface area (Å²) in [6.45, 7) is 8.56. The van der Waals surface area contributed by atoms with Crippen LogP contribution < -0.4 is 0 Å². The predicted octanol–water partition coefficient (Wildman–Crippen LogP) is 3.70. The molecule has 0 aromatic carbocycles. The van der Waals surface area contributed by atoms with Gasteiger partial charge in [0.25, 0.3) is 0 Å². The lowest BCUT2D eigenvalue weighted by atomic mass is 9.70. The molecule has 7 heteroatoms. The Morgan fingerprint density at radius 3 is 2.65 bits per heavy atom. The van der Waals surface area contributed by atoms with Crippen LogP contribution in [0.4, 0.5) is 4.79 Å². The molecular formula is C19H25BN2O4. The van der Waals surface area contributed by atoms with Gasteiger partial charge in [-0.3, -0.25) is 0 Å². The zero-order valence-electron chi connectivity index (χ0n) is 15.8. The van der Waals surface area contributed by atoms with Crippen molar-refractivity contribution < 1.29 is 18.8 Å². The van der Waals surface area contributed by atoms with Crippen molar-refractivity contribution in [2.45, 2.75) is 51.7 Å². The van der Waals surface area contributed by atoms with Crippen molar-refractivity contribution in [2.24, 2.45) is 0 Å². The SMILES string of the molecule is CC1(C)CC(C)(C)OB(C2=CC=C(COC(=O)n3ccnc3)C=CC2)O1. The average Bonchev–Trinajstić information content (AvgIpc) is 2.95. The van der Waals surface area contributed by atoms with Crippen LogP contribution in [0.1, 0.15) is 40.5 Å². The van der Waals surface area contributed by atoms with Crippen molar-refractivity contribution in [3.8, 4) is 0 Å². The molecule has 6 nitrogen and oxygen atoms in total. The molecule has 0 unspecified atom stereocenters. The molecular weight excluding hydrogens is 331 g/mol. The molecule has 0 radical (unpaired) electrons. The van der Waals surface area contributed by atoms with E-state index in [0.717, 1.165) is 23.9 Å². The van der Waals surface area contributed by atoms with Gasteiger partial charge in [-0.1, -0.05) is 24.3 Å². The third-order valence-electron chi connectivity index (χ3n) is 4.28. The fourth-order valence-corrected chi connectivity index (χ4v) is 3.41. The Hall–Kier alpha value is -2.12. The van der Waals surface area contributed by atoms with Crippen molar-refractivity contribution in [1.82, 2.24) is 9.55 Å². The molecule has 1 aromatic rings. The molecule has 0 N–H and O–H groups in total. The topological polar surface area (TPSA) is 62.6 Å². The van der Waals surface area contributed by atoms with Crippen molar-refractivity contribution in [3.63, 3.8) is 0 Å². The summed E-state index contributed by atoms with van der Waals surface area (Å²) in [7, 11) is -0.373. The van der Waals surface area contributed by atoms with Gasteiger partial charge in [-0.2, -0.15) is 0 Å². The Kier molecular flexibility index (Phi) is 5.21. The zero-order valence-corrected chi connectivity index (χ0v) is 15.8. The number of hydrogen-bond donors (Lipinski definition) is 0. The summed E-state index contributed by atoms with van der Waals surface area (Å²) in [5.74, 6) is 0. The van der Waals surface area contributed by atoms with E-state index in [9.17, 15) is 4.79 Å². The molecule has 1 aliphatic heterocycles. The van der Waals surface area contributed by atoms with Gasteiger partial charge in [-0.05, 0) is 45.2 Å². The Morgan fingerprint density at radius 2 is 2.00 bits per heavy atom. The highest BCUT2D eigenvalue weighted by Gasteiger charge is 2.44. The Labute approximate surface area is 154 Å². The molecule has 0 amide bonds. The van der Waals surface area contributed by atoms with Crippen molar-refractivity contribution in [2.75, 3.05) is 6.61 Å². The lowest BCUT2D eigenvalue weighted by molar-refractivity contribution is -0.0735. The number of ether oxygens (including phenoxy) is 1. The minimum absolute atomic E-state index is 0.195. The molecule has 1 fully saturated rings. The highest BCUT2D eigenvalue weighted by Crippen LogP contribution is 2.35. The largest absolute Gasteiger partial charge is 0.490 e. The summed E-state index contributed by atoms with van der Waals surface area (Å²) in [6, 6.07) is 0. The first kappa shape index (κ1) is 18.7. The highest BCUT2D eigenvalue weighted by atomic mass is 16.6. The van der Waals surface area contributed by atoms with E-state index < -0.39 is 6.09 Å². The fourth-order valence-electron chi connectivity index (χ4n) is 3.41. The number of hydrogen-bond acceptors (Lipinski definition) is 5. The number of rotatable bonds is 3. The second-order valence-corrected chi connectivity index (χ2v) is 7.88. The third kappa shape index (κ3) is 4.74. The first-order valence-electron chi connectivity index (χ1n) is 8.81. The molecule has 0 atom stereocenters. The normalized spacial score (nSPS) is 21.6. The lowest BCUT2D eigenvalue weighted by Gasteiger charge is -2.44. The second-order valence-electron chi connectivity index (χ2n) is 7.88. The summed E-state index contributed by atoms with van der Waals surface area (Å²) in [6.07, 6.45) is 13.6. The molecule has 2 heterocycles. The van der Waals surface area contributed by atoms with E-state index in [4.69, 9.17) is 14.0 Å². The van der Waals surface area contributed by atoms with Gasteiger partial charge < -0.3 is 14.0 Å². The van der Waals surface area contributed by atoms with Gasteiger partial charge in [0.1, 0.15) is 12.9 Å². The van der Waals surface area contributed by atoms with Crippen molar-refractivity contribution >= 4 is 13.2 Å². The maximum absolute atomic E-state index is 11.9. The van der Waals surface area contributed by atoms with Gasteiger partial charge in [0.05, 0.1) is 11.2 Å². The minimum Gasteiger partial charge on any atom is -0.444 e. The van der Waals surface area contributed by atoms with E-state index in [-0.39, 0.29) is 24.9 Å². The minimum atomic E-state index is -0.451. The summed E-state index contributed by atoms with van der Waals surface area (Å²) in [5.41, 5.74) is 1.48. The van der Waals surface area contributed by atoms with Crippen LogP contribution in [0.5, 0.6) is 0 Å². The number of nitrogens with zero attached hydrogens (tertiary/aromatic N) is 2. The van der Waals surface area contributed by atoms with Gasteiger partial charge >= 0.3 is 13.2 Å². The van der Waals surface area contributed by atoms with Crippen LogP contribution in [-0.2, 0) is 14.0 Å². The number of allylic oxidation sites excluding steroid dienone is 4. The Bertz CT molecular complexity index is 732. The lowest BCUT2D eigenvalue weighted by Crippen LogP contribution is -2.52. The van der Waals surface area contributed by atoms with Crippen LogP contribution in [0.3, 0.4) is 0 Å². The molecule has 1 aromatic heterocycles. The van der Waals surface area contributed by atoms with E-state index in [1.807, 2.05) is 24.3 Å². The molecule has 3 rings (SSSR count). The molecule has 0 spiro atoms. The van der Waals surface area contributed by atoms with Gasteiger partial charge in [0, 0.05) is 18.8 Å². The molecule has 1 aliphatic carbocycles. The van der Waals surface area contributed by atoms with Crippen molar-refractivity contribution in [1.29, 1.82) is 0 Å². The number of aromatic nitrogens is 2. The van der Waals surface area contributed by atoms with Crippen LogP contribution >= 0.6 is 0 Å². The zero-order chi connectivity index (χ0) is 18.8. The van der Waals surface area contributed by atoms with Crippen LogP contribution in [0.2, 0.25) is 0 Å². The van der Waals surface area contributed by atoms with E-state index in [1.54, 1.807) is 6.20 Å². The van der Waals surface area contributed by atoms with Crippen LogP contribution in [0.15, 0.2) is 54.1 Å². The van der Waals surface area contributed by atoms with E-state index in [0.29, 0.717) is 0 Å². The summed E-state index contributed by atoms with van der Waals surface area (Å²) in [5, 5.41) is 0. The van der Waals surface area contributed by atoms with Crippen LogP contribution in [-0.4, -0.2) is 40.6 Å². The van der Waals surface area contributed by atoms with E-state index in [1.165, 1.54) is 17.1 Å².